The molecule has 1 aromatic carbocycles. The van der Waals surface area contributed by atoms with E-state index in [0.717, 1.165) is 18.8 Å². The molecule has 1 aliphatic heterocycles. The molecule has 18 heavy (non-hydrogen) atoms. The molecule has 1 heterocycles. The molecule has 1 aliphatic rings. The van der Waals surface area contributed by atoms with E-state index in [2.05, 4.69) is 4.90 Å². The third-order valence-corrected chi connectivity index (χ3v) is 3.22. The second-order valence-corrected chi connectivity index (χ2v) is 4.66. The summed E-state index contributed by atoms with van der Waals surface area (Å²) in [6.07, 6.45) is 0.345. The summed E-state index contributed by atoms with van der Waals surface area (Å²) in [7, 11) is 0. The number of ketones is 1. The predicted molar refractivity (Wildman–Crippen MR) is 72.5 cm³/mol. The van der Waals surface area contributed by atoms with Crippen molar-refractivity contribution in [1.29, 1.82) is 0 Å². The van der Waals surface area contributed by atoms with Gasteiger partial charge in [-0.1, -0.05) is 11.6 Å². The molecular weight excluding hydrogens is 252 g/mol. The van der Waals surface area contributed by atoms with Crippen LogP contribution in [-0.4, -0.2) is 38.6 Å². The maximum atomic E-state index is 12.1. The monoisotopic (exact) mass is 268 g/mol. The number of nitrogens with zero attached hydrogens (tertiary/aromatic N) is 1. The molecule has 0 bridgehead atoms. The van der Waals surface area contributed by atoms with E-state index in [0.29, 0.717) is 36.8 Å². The number of rotatable bonds is 4. The van der Waals surface area contributed by atoms with Gasteiger partial charge in [-0.05, 0) is 24.7 Å². The highest BCUT2D eigenvalue weighted by molar-refractivity contribution is 6.31. The van der Waals surface area contributed by atoms with Gasteiger partial charge >= 0.3 is 0 Å². The lowest BCUT2D eigenvalue weighted by Gasteiger charge is -2.30. The van der Waals surface area contributed by atoms with Crippen molar-refractivity contribution in [2.75, 3.05) is 37.7 Å². The molecule has 0 aliphatic carbocycles. The molecular formula is C13H17ClN2O2. The lowest BCUT2D eigenvalue weighted by molar-refractivity contribution is 0.0983. The van der Waals surface area contributed by atoms with Crippen molar-refractivity contribution in [1.82, 2.24) is 0 Å². The van der Waals surface area contributed by atoms with Crippen LogP contribution in [-0.2, 0) is 4.74 Å². The van der Waals surface area contributed by atoms with Crippen LogP contribution in [0.1, 0.15) is 16.8 Å². The van der Waals surface area contributed by atoms with Gasteiger partial charge in [0.25, 0.3) is 0 Å². The Balaban J connectivity index is 2.30. The molecule has 98 valence electrons. The summed E-state index contributed by atoms with van der Waals surface area (Å²) in [4.78, 5) is 14.2. The van der Waals surface area contributed by atoms with Gasteiger partial charge in [0.2, 0.25) is 0 Å². The molecule has 0 spiro atoms. The van der Waals surface area contributed by atoms with Crippen molar-refractivity contribution in [3.05, 3.63) is 28.8 Å². The maximum Gasteiger partial charge on any atom is 0.166 e. The summed E-state index contributed by atoms with van der Waals surface area (Å²) in [5.41, 5.74) is 7.04. The Kier molecular flexibility index (Phi) is 4.58. The van der Waals surface area contributed by atoms with E-state index in [1.54, 1.807) is 6.07 Å². The van der Waals surface area contributed by atoms with Crippen LogP contribution in [0.5, 0.6) is 0 Å². The Morgan fingerprint density at radius 3 is 2.78 bits per heavy atom. The minimum atomic E-state index is 0.0430. The number of carbonyl (C=O) groups excluding carboxylic acids is 1. The zero-order chi connectivity index (χ0) is 13.0. The number of ether oxygens (including phenoxy) is 1. The van der Waals surface area contributed by atoms with Crippen LogP contribution >= 0.6 is 11.6 Å². The highest BCUT2D eigenvalue weighted by atomic mass is 35.5. The quantitative estimate of drug-likeness (QED) is 0.845. The zero-order valence-corrected chi connectivity index (χ0v) is 10.9. The summed E-state index contributed by atoms with van der Waals surface area (Å²) in [5, 5.41) is 0.576. The van der Waals surface area contributed by atoms with Crippen molar-refractivity contribution in [3.63, 3.8) is 0 Å². The van der Waals surface area contributed by atoms with Crippen molar-refractivity contribution in [2.45, 2.75) is 6.42 Å². The van der Waals surface area contributed by atoms with Crippen LogP contribution in [0.25, 0.3) is 0 Å². The first-order valence-corrected chi connectivity index (χ1v) is 6.45. The smallest absolute Gasteiger partial charge is 0.166 e. The van der Waals surface area contributed by atoms with Crippen LogP contribution in [0.3, 0.4) is 0 Å². The van der Waals surface area contributed by atoms with Crippen LogP contribution in [0.4, 0.5) is 5.69 Å². The third kappa shape index (κ3) is 3.02. The van der Waals surface area contributed by atoms with E-state index < -0.39 is 0 Å². The van der Waals surface area contributed by atoms with E-state index in [-0.39, 0.29) is 5.78 Å². The molecule has 0 unspecified atom stereocenters. The van der Waals surface area contributed by atoms with Gasteiger partial charge in [0.1, 0.15) is 0 Å². The van der Waals surface area contributed by atoms with Crippen LogP contribution in [0.15, 0.2) is 18.2 Å². The second-order valence-electron chi connectivity index (χ2n) is 4.22. The standard InChI is InChI=1S/C13H17ClN2O2/c14-10-1-2-12(16-5-7-18-8-6-16)11(9-10)13(17)3-4-15/h1-2,9H,3-8,15H2. The predicted octanol–water partition coefficient (Wildman–Crippen LogP) is 1.71. The van der Waals surface area contributed by atoms with Crippen LogP contribution < -0.4 is 10.6 Å². The number of halogens is 1. The summed E-state index contributed by atoms with van der Waals surface area (Å²) in [5.74, 6) is 0.0430. The third-order valence-electron chi connectivity index (χ3n) is 2.98. The molecule has 0 radical (unpaired) electrons. The maximum absolute atomic E-state index is 12.1. The summed E-state index contributed by atoms with van der Waals surface area (Å²) < 4.78 is 5.32. The highest BCUT2D eigenvalue weighted by Crippen LogP contribution is 2.26. The number of carbonyl (C=O) groups is 1. The molecule has 4 nitrogen and oxygen atoms in total. The first-order chi connectivity index (χ1) is 8.72. The second kappa shape index (κ2) is 6.18. The number of hydrogen-bond acceptors (Lipinski definition) is 4. The number of morpholine rings is 1. The molecule has 2 rings (SSSR count). The van der Waals surface area contributed by atoms with Crippen molar-refractivity contribution >= 4 is 23.1 Å². The zero-order valence-electron chi connectivity index (χ0n) is 10.2. The molecule has 0 atom stereocenters. The highest BCUT2D eigenvalue weighted by Gasteiger charge is 2.18. The van der Waals surface area contributed by atoms with Crippen LogP contribution in [0, 0.1) is 0 Å². The van der Waals surface area contributed by atoms with Gasteiger partial charge in [0.15, 0.2) is 5.78 Å². The van der Waals surface area contributed by atoms with E-state index in [4.69, 9.17) is 22.1 Å². The summed E-state index contributed by atoms with van der Waals surface area (Å²) in [6.45, 7) is 3.32. The molecule has 1 saturated heterocycles. The van der Waals surface area contributed by atoms with Gasteiger partial charge in [-0.15, -0.1) is 0 Å². The Bertz CT molecular complexity index is 431. The minimum Gasteiger partial charge on any atom is -0.378 e. The number of nitrogens with two attached hydrogens (primary N) is 1. The van der Waals surface area contributed by atoms with E-state index >= 15 is 0 Å². The summed E-state index contributed by atoms with van der Waals surface area (Å²) in [6, 6.07) is 5.44. The van der Waals surface area contributed by atoms with Crippen molar-refractivity contribution in [2.24, 2.45) is 5.73 Å². The number of anilines is 1. The Hall–Kier alpha value is -1.10. The normalized spacial score (nSPS) is 15.8. The molecule has 5 heteroatoms. The van der Waals surface area contributed by atoms with Gasteiger partial charge in [0, 0.05) is 35.8 Å². The van der Waals surface area contributed by atoms with E-state index in [9.17, 15) is 4.79 Å². The Morgan fingerprint density at radius 1 is 1.39 bits per heavy atom. The van der Waals surface area contributed by atoms with Gasteiger partial charge < -0.3 is 15.4 Å². The lowest BCUT2D eigenvalue weighted by atomic mass is 10.0. The Morgan fingerprint density at radius 2 is 2.11 bits per heavy atom. The number of Topliss-reactive ketones (excluding diaryl/α,β-unsaturated/α-hetero) is 1. The summed E-state index contributed by atoms with van der Waals surface area (Å²) >= 11 is 5.97. The average molecular weight is 269 g/mol. The SMILES string of the molecule is NCCC(=O)c1cc(Cl)ccc1N1CCOCC1. The average Bonchev–Trinajstić information content (AvgIpc) is 2.40. The molecule has 1 aromatic rings. The van der Waals surface area contributed by atoms with Gasteiger partial charge in [-0.25, -0.2) is 0 Å². The topological polar surface area (TPSA) is 55.6 Å². The van der Waals surface area contributed by atoms with Gasteiger partial charge in [-0.2, -0.15) is 0 Å². The minimum absolute atomic E-state index is 0.0430. The van der Waals surface area contributed by atoms with E-state index in [1.165, 1.54) is 0 Å². The van der Waals surface area contributed by atoms with Crippen LogP contribution in [0.2, 0.25) is 5.02 Å². The lowest BCUT2D eigenvalue weighted by Crippen LogP contribution is -2.37. The first-order valence-electron chi connectivity index (χ1n) is 6.08. The fourth-order valence-electron chi connectivity index (χ4n) is 2.08. The van der Waals surface area contributed by atoms with Gasteiger partial charge in [0.05, 0.1) is 13.2 Å². The molecule has 0 saturated carbocycles. The molecule has 1 fully saturated rings. The number of benzene rings is 1. The molecule has 0 amide bonds. The van der Waals surface area contributed by atoms with Crippen molar-refractivity contribution in [3.8, 4) is 0 Å². The molecule has 0 aromatic heterocycles. The van der Waals surface area contributed by atoms with Crippen molar-refractivity contribution < 1.29 is 9.53 Å². The fourth-order valence-corrected chi connectivity index (χ4v) is 2.25. The molecule has 2 N–H and O–H groups in total. The first kappa shape index (κ1) is 13.3. The van der Waals surface area contributed by atoms with Gasteiger partial charge in [-0.3, -0.25) is 4.79 Å². The number of hydrogen-bond donors (Lipinski definition) is 1. The largest absolute Gasteiger partial charge is 0.378 e. The van der Waals surface area contributed by atoms with E-state index in [1.807, 2.05) is 12.1 Å². The Labute approximate surface area is 112 Å². The fraction of sp³-hybridized carbons (Fsp3) is 0.462.